The number of carbonyl (C=O) groups is 4. The molecule has 3 N–H and O–H groups in total. The number of esters is 4. The maximum Gasteiger partial charge on any atom is 0.472 e. The highest BCUT2D eigenvalue weighted by molar-refractivity contribution is 7.47. The molecule has 0 saturated heterocycles. The van der Waals surface area contributed by atoms with Crippen LogP contribution in [0.15, 0.2) is 0 Å². The number of aliphatic hydroxyl groups excluding tert-OH is 1. The molecule has 0 spiro atoms. The lowest BCUT2D eigenvalue weighted by Crippen LogP contribution is -2.30. The summed E-state index contributed by atoms with van der Waals surface area (Å²) >= 11 is 0. The van der Waals surface area contributed by atoms with Crippen LogP contribution in [0.4, 0.5) is 0 Å². The molecular formula is C75H146O17P2. The first kappa shape index (κ1) is 92.1. The second kappa shape index (κ2) is 65.7. The van der Waals surface area contributed by atoms with Crippen molar-refractivity contribution in [2.24, 2.45) is 17.8 Å². The molecule has 3 unspecified atom stereocenters. The molecular weight excluding hydrogens is 1230 g/mol. The van der Waals surface area contributed by atoms with E-state index < -0.39 is 97.5 Å². The molecule has 0 bridgehead atoms. The van der Waals surface area contributed by atoms with E-state index in [0.717, 1.165) is 108 Å². The maximum atomic E-state index is 13.1. The summed E-state index contributed by atoms with van der Waals surface area (Å²) in [5, 5.41) is 10.6. The van der Waals surface area contributed by atoms with Crippen molar-refractivity contribution in [1.29, 1.82) is 0 Å². The van der Waals surface area contributed by atoms with Crippen LogP contribution in [0.25, 0.3) is 0 Å². The minimum atomic E-state index is -4.96. The summed E-state index contributed by atoms with van der Waals surface area (Å²) in [5.41, 5.74) is 0. The Morgan fingerprint density at radius 3 is 0.809 bits per heavy atom. The summed E-state index contributed by atoms with van der Waals surface area (Å²) in [4.78, 5) is 72.8. The first-order valence-corrected chi connectivity index (χ1v) is 41.9. The number of phosphoric ester groups is 2. The van der Waals surface area contributed by atoms with Gasteiger partial charge in [0.05, 0.1) is 26.4 Å². The number of ether oxygens (including phenoxy) is 4. The average molecular weight is 1380 g/mol. The van der Waals surface area contributed by atoms with Crippen LogP contribution in [0.5, 0.6) is 0 Å². The third-order valence-electron chi connectivity index (χ3n) is 17.7. The van der Waals surface area contributed by atoms with Crippen LogP contribution in [-0.2, 0) is 65.4 Å². The van der Waals surface area contributed by atoms with Crippen molar-refractivity contribution in [3.63, 3.8) is 0 Å². The predicted octanol–water partition coefficient (Wildman–Crippen LogP) is 21.8. The zero-order valence-corrected chi connectivity index (χ0v) is 63.2. The lowest BCUT2D eigenvalue weighted by Gasteiger charge is -2.21. The molecule has 17 nitrogen and oxygen atoms in total. The van der Waals surface area contributed by atoms with E-state index in [2.05, 4.69) is 48.5 Å². The minimum Gasteiger partial charge on any atom is -0.462 e. The van der Waals surface area contributed by atoms with Crippen LogP contribution >= 0.6 is 15.6 Å². The standard InChI is InChI=1S/C75H146O17P2/c1-8-10-11-12-13-14-20-27-35-42-49-56-72(77)85-63-71(92-75(80)59-52-45-38-31-30-33-40-47-54-67(5)6)65-90-94(83,84)88-61-69(76)60-87-93(81,82)89-64-70(62-86-73(78)57-50-43-36-28-24-19-21-25-32-39-46-53-66(3)4)91-74(79)58-51-44-37-29-23-18-16-15-17-22-26-34-41-48-55-68(7)9-2/h66-71,76H,8-65H2,1-7H3,(H,81,82)(H,83,84)/t68?,69-,70-,71-/m1/s1. The van der Waals surface area contributed by atoms with Gasteiger partial charge in [0.25, 0.3) is 0 Å². The highest BCUT2D eigenvalue weighted by Crippen LogP contribution is 2.45. The molecule has 0 aliphatic rings. The molecule has 0 aliphatic carbocycles. The van der Waals surface area contributed by atoms with Crippen molar-refractivity contribution in [2.75, 3.05) is 39.6 Å². The smallest absolute Gasteiger partial charge is 0.462 e. The fraction of sp³-hybridized carbons (Fsp3) is 0.947. The predicted molar refractivity (Wildman–Crippen MR) is 381 cm³/mol. The molecule has 0 aliphatic heterocycles. The number of phosphoric acid groups is 2. The molecule has 0 rings (SSSR count). The number of hydrogen-bond acceptors (Lipinski definition) is 15. The average Bonchev–Trinajstić information content (AvgIpc) is 1.66. The quantitative estimate of drug-likeness (QED) is 0.0222. The number of carbonyl (C=O) groups excluding carboxylic acids is 4. The molecule has 0 heterocycles. The number of unbranched alkanes of at least 4 members (excludes halogenated alkanes) is 40. The summed E-state index contributed by atoms with van der Waals surface area (Å²) in [5.74, 6) is 0.216. The van der Waals surface area contributed by atoms with Crippen molar-refractivity contribution in [3.8, 4) is 0 Å². The van der Waals surface area contributed by atoms with Gasteiger partial charge in [-0.15, -0.1) is 0 Å². The molecule has 0 radical (unpaired) electrons. The minimum absolute atomic E-state index is 0.105. The zero-order chi connectivity index (χ0) is 69.4. The van der Waals surface area contributed by atoms with Crippen molar-refractivity contribution in [3.05, 3.63) is 0 Å². The van der Waals surface area contributed by atoms with Crippen LogP contribution in [0.3, 0.4) is 0 Å². The van der Waals surface area contributed by atoms with Gasteiger partial charge in [0.1, 0.15) is 19.3 Å². The van der Waals surface area contributed by atoms with Crippen LogP contribution < -0.4 is 0 Å². The van der Waals surface area contributed by atoms with E-state index in [1.54, 1.807) is 0 Å². The van der Waals surface area contributed by atoms with Gasteiger partial charge >= 0.3 is 39.5 Å². The lowest BCUT2D eigenvalue weighted by molar-refractivity contribution is -0.161. The molecule has 6 atom stereocenters. The Morgan fingerprint density at radius 2 is 0.543 bits per heavy atom. The van der Waals surface area contributed by atoms with Crippen LogP contribution in [0, 0.1) is 17.8 Å². The molecule has 94 heavy (non-hydrogen) atoms. The largest absolute Gasteiger partial charge is 0.472 e. The van der Waals surface area contributed by atoms with Gasteiger partial charge < -0.3 is 33.8 Å². The van der Waals surface area contributed by atoms with E-state index >= 15 is 0 Å². The molecule has 0 aromatic heterocycles. The van der Waals surface area contributed by atoms with Gasteiger partial charge in [-0.2, -0.15) is 0 Å². The summed E-state index contributed by atoms with van der Waals surface area (Å²) in [7, 11) is -9.91. The third-order valence-corrected chi connectivity index (χ3v) is 19.6. The second-order valence-corrected chi connectivity index (χ2v) is 31.1. The first-order chi connectivity index (χ1) is 45.3. The Kier molecular flexibility index (Phi) is 64.3. The number of hydrogen-bond donors (Lipinski definition) is 3. The molecule has 0 fully saturated rings. The Bertz CT molecular complexity index is 1840. The molecule has 0 amide bonds. The van der Waals surface area contributed by atoms with Crippen LogP contribution in [0.2, 0.25) is 0 Å². The van der Waals surface area contributed by atoms with Gasteiger partial charge in [0.2, 0.25) is 0 Å². The van der Waals surface area contributed by atoms with Crippen molar-refractivity contribution >= 4 is 39.5 Å². The van der Waals surface area contributed by atoms with Crippen molar-refractivity contribution in [1.82, 2.24) is 0 Å². The van der Waals surface area contributed by atoms with Crippen molar-refractivity contribution in [2.45, 2.75) is 401 Å². The number of rotatable bonds is 73. The molecule has 0 saturated carbocycles. The SMILES string of the molecule is CCCCCCCCCCCCCC(=O)OC[C@H](COP(=O)(O)OC[C@H](O)COP(=O)(O)OC[C@@H](COC(=O)CCCCCCCCCCCCCC(C)C)OC(=O)CCCCCCCCCCCCCCCCC(C)CC)OC(=O)CCCCCCCCCCC(C)C. The number of aliphatic hydroxyl groups is 1. The fourth-order valence-corrected chi connectivity index (χ4v) is 13.0. The summed E-state index contributed by atoms with van der Waals surface area (Å²) in [6, 6.07) is 0. The third kappa shape index (κ3) is 67.3. The van der Waals surface area contributed by atoms with E-state index in [1.807, 2.05) is 0 Å². The monoisotopic (exact) mass is 1380 g/mol. The van der Waals surface area contributed by atoms with E-state index in [9.17, 15) is 43.2 Å². The summed E-state index contributed by atoms with van der Waals surface area (Å²) in [6.45, 7) is 11.9. The molecule has 0 aromatic carbocycles. The van der Waals surface area contributed by atoms with E-state index in [-0.39, 0.29) is 25.7 Å². The zero-order valence-electron chi connectivity index (χ0n) is 61.4. The lowest BCUT2D eigenvalue weighted by atomic mass is 9.99. The van der Waals surface area contributed by atoms with Crippen molar-refractivity contribution < 1.29 is 80.2 Å². The van der Waals surface area contributed by atoms with Crippen LogP contribution in [0.1, 0.15) is 382 Å². The summed E-state index contributed by atoms with van der Waals surface area (Å²) in [6.07, 6.45) is 51.2. The van der Waals surface area contributed by atoms with E-state index in [4.69, 9.17) is 37.0 Å². The highest BCUT2D eigenvalue weighted by Gasteiger charge is 2.30. The Hall–Kier alpha value is -1.94. The second-order valence-electron chi connectivity index (χ2n) is 28.2. The summed E-state index contributed by atoms with van der Waals surface area (Å²) < 4.78 is 68.5. The van der Waals surface area contributed by atoms with Gasteiger partial charge in [-0.1, -0.05) is 331 Å². The van der Waals surface area contributed by atoms with Gasteiger partial charge in [-0.05, 0) is 43.4 Å². The first-order valence-electron chi connectivity index (χ1n) is 38.9. The Balaban J connectivity index is 5.25. The van der Waals surface area contributed by atoms with Crippen LogP contribution in [-0.4, -0.2) is 96.7 Å². The Morgan fingerprint density at radius 1 is 0.309 bits per heavy atom. The van der Waals surface area contributed by atoms with E-state index in [0.29, 0.717) is 25.7 Å². The topological polar surface area (TPSA) is 237 Å². The maximum absolute atomic E-state index is 13.1. The molecule has 558 valence electrons. The Labute approximate surface area is 575 Å². The van der Waals surface area contributed by atoms with E-state index in [1.165, 1.54) is 193 Å². The van der Waals surface area contributed by atoms with Gasteiger partial charge in [0.15, 0.2) is 12.2 Å². The van der Waals surface area contributed by atoms with Gasteiger partial charge in [0, 0.05) is 25.7 Å². The molecule has 0 aromatic rings. The normalized spacial score (nSPS) is 14.4. The fourth-order valence-electron chi connectivity index (χ4n) is 11.4. The molecule has 19 heteroatoms. The van der Waals surface area contributed by atoms with Gasteiger partial charge in [-0.3, -0.25) is 37.3 Å². The van der Waals surface area contributed by atoms with Gasteiger partial charge in [-0.25, -0.2) is 9.13 Å². The highest BCUT2D eigenvalue weighted by atomic mass is 31.2.